The van der Waals surface area contributed by atoms with Gasteiger partial charge in [-0.3, -0.25) is 9.59 Å². The first kappa shape index (κ1) is 15.8. The van der Waals surface area contributed by atoms with Gasteiger partial charge in [0.05, 0.1) is 0 Å². The number of halogens is 2. The smallest absolute Gasteiger partial charge is 0.222 e. The van der Waals surface area contributed by atoms with E-state index in [1.165, 1.54) is 0 Å². The molecule has 2 fully saturated rings. The third-order valence-corrected chi connectivity index (χ3v) is 5.36. The van der Waals surface area contributed by atoms with Gasteiger partial charge in [0.25, 0.3) is 0 Å². The summed E-state index contributed by atoms with van der Waals surface area (Å²) in [7, 11) is 0. The van der Waals surface area contributed by atoms with Crippen molar-refractivity contribution >= 4 is 34.9 Å². The Labute approximate surface area is 140 Å². The minimum atomic E-state index is -0.0502. The van der Waals surface area contributed by atoms with Crippen molar-refractivity contribution < 1.29 is 9.59 Å². The van der Waals surface area contributed by atoms with Gasteiger partial charge in [-0.05, 0) is 43.4 Å². The number of hydrogen-bond acceptors (Lipinski definition) is 2. The van der Waals surface area contributed by atoms with Gasteiger partial charge in [0.1, 0.15) is 5.78 Å². The van der Waals surface area contributed by atoms with Crippen LogP contribution in [-0.4, -0.2) is 29.2 Å². The highest BCUT2D eigenvalue weighted by atomic mass is 35.5. The Hall–Kier alpha value is -1.06. The van der Waals surface area contributed by atoms with E-state index in [2.05, 4.69) is 0 Å². The molecule has 3 nitrogen and oxygen atoms in total. The van der Waals surface area contributed by atoms with E-state index in [-0.39, 0.29) is 23.7 Å². The average Bonchev–Trinajstić information content (AvgIpc) is 2.90. The topological polar surface area (TPSA) is 37.4 Å². The van der Waals surface area contributed by atoms with Gasteiger partial charge >= 0.3 is 0 Å². The molecular formula is C17H19Cl2NO2. The van der Waals surface area contributed by atoms with Crippen LogP contribution in [-0.2, 0) is 16.0 Å². The average molecular weight is 340 g/mol. The van der Waals surface area contributed by atoms with Crippen LogP contribution in [0.3, 0.4) is 0 Å². The number of nitrogens with zero attached hydrogens (tertiary/aromatic N) is 1. The van der Waals surface area contributed by atoms with Gasteiger partial charge in [-0.2, -0.15) is 0 Å². The van der Waals surface area contributed by atoms with Gasteiger partial charge in [-0.25, -0.2) is 0 Å². The summed E-state index contributed by atoms with van der Waals surface area (Å²) >= 11 is 12.1. The molecule has 0 spiro atoms. The second-order valence-electron chi connectivity index (χ2n) is 6.22. The molecule has 2 aliphatic rings. The maximum Gasteiger partial charge on any atom is 0.222 e. The molecule has 0 aromatic heterocycles. The fourth-order valence-electron chi connectivity index (χ4n) is 3.58. The van der Waals surface area contributed by atoms with Crippen LogP contribution in [0, 0.1) is 5.92 Å². The molecule has 1 aliphatic heterocycles. The lowest BCUT2D eigenvalue weighted by Crippen LogP contribution is -2.42. The number of Topliss-reactive ketones (excluding diaryl/α,β-unsaturated/α-hetero) is 1. The molecular weight excluding hydrogens is 321 g/mol. The predicted molar refractivity (Wildman–Crippen MR) is 87.2 cm³/mol. The van der Waals surface area contributed by atoms with Crippen molar-refractivity contribution in [3.8, 4) is 0 Å². The molecule has 1 amide bonds. The van der Waals surface area contributed by atoms with Crippen molar-refractivity contribution in [1.82, 2.24) is 4.90 Å². The lowest BCUT2D eigenvalue weighted by Gasteiger charge is -2.34. The number of carbonyl (C=O) groups excluding carboxylic acids is 2. The lowest BCUT2D eigenvalue weighted by atomic mass is 9.80. The molecule has 0 radical (unpaired) electrons. The Bertz CT molecular complexity index is 602. The fraction of sp³-hybridized carbons (Fsp3) is 0.529. The van der Waals surface area contributed by atoms with Gasteiger partial charge in [-0.1, -0.05) is 29.3 Å². The molecule has 3 rings (SSSR count). The molecule has 1 aromatic carbocycles. The van der Waals surface area contributed by atoms with E-state index in [9.17, 15) is 9.59 Å². The molecule has 22 heavy (non-hydrogen) atoms. The van der Waals surface area contributed by atoms with E-state index < -0.39 is 0 Å². The SMILES string of the molecule is O=C1CCC(N2CCCC2=O)CC1Cc1ccc(Cl)cc1Cl. The van der Waals surface area contributed by atoms with Crippen LogP contribution in [0.4, 0.5) is 0 Å². The minimum absolute atomic E-state index is 0.0502. The maximum absolute atomic E-state index is 12.2. The number of ketones is 1. The van der Waals surface area contributed by atoms with Gasteiger partial charge < -0.3 is 4.90 Å². The van der Waals surface area contributed by atoms with Crippen molar-refractivity contribution in [2.45, 2.75) is 44.6 Å². The molecule has 5 heteroatoms. The van der Waals surface area contributed by atoms with Crippen LogP contribution in [0.2, 0.25) is 10.0 Å². The number of amides is 1. The Kier molecular flexibility index (Phi) is 4.74. The number of benzene rings is 1. The zero-order chi connectivity index (χ0) is 15.7. The van der Waals surface area contributed by atoms with Gasteiger partial charge in [-0.15, -0.1) is 0 Å². The molecule has 0 N–H and O–H groups in total. The largest absolute Gasteiger partial charge is 0.340 e. The van der Waals surface area contributed by atoms with E-state index in [4.69, 9.17) is 23.2 Å². The highest BCUT2D eigenvalue weighted by molar-refractivity contribution is 6.35. The fourth-order valence-corrected chi connectivity index (χ4v) is 4.06. The first-order chi connectivity index (χ1) is 10.5. The summed E-state index contributed by atoms with van der Waals surface area (Å²) < 4.78 is 0. The summed E-state index contributed by atoms with van der Waals surface area (Å²) in [6.45, 7) is 0.839. The van der Waals surface area contributed by atoms with Crippen LogP contribution in [0.1, 0.15) is 37.7 Å². The third kappa shape index (κ3) is 3.31. The predicted octanol–water partition coefficient (Wildman–Crippen LogP) is 3.90. The standard InChI is InChI=1S/C17H19Cl2NO2/c18-13-4-3-11(15(19)10-13)8-12-9-14(5-6-16(12)21)20-7-1-2-17(20)22/h3-4,10,12,14H,1-2,5-9H2. The van der Waals surface area contributed by atoms with Crippen LogP contribution < -0.4 is 0 Å². The van der Waals surface area contributed by atoms with Gasteiger partial charge in [0.2, 0.25) is 5.91 Å². The van der Waals surface area contributed by atoms with Crippen LogP contribution in [0.25, 0.3) is 0 Å². The van der Waals surface area contributed by atoms with E-state index in [0.717, 1.165) is 31.4 Å². The van der Waals surface area contributed by atoms with Crippen molar-refractivity contribution in [1.29, 1.82) is 0 Å². The number of hydrogen-bond donors (Lipinski definition) is 0. The van der Waals surface area contributed by atoms with Crippen molar-refractivity contribution in [3.63, 3.8) is 0 Å². The Balaban J connectivity index is 1.71. The summed E-state index contributed by atoms with van der Waals surface area (Å²) in [6, 6.07) is 5.62. The molecule has 0 bridgehead atoms. The van der Waals surface area contributed by atoms with E-state index >= 15 is 0 Å². The first-order valence-corrected chi connectivity index (χ1v) is 8.56. The quantitative estimate of drug-likeness (QED) is 0.837. The summed E-state index contributed by atoms with van der Waals surface area (Å²) in [5, 5.41) is 1.21. The molecule has 1 aliphatic carbocycles. The maximum atomic E-state index is 12.2. The zero-order valence-corrected chi connectivity index (χ0v) is 13.9. The Morgan fingerprint density at radius 3 is 2.68 bits per heavy atom. The van der Waals surface area contributed by atoms with Gasteiger partial charge in [0, 0.05) is 41.4 Å². The summed E-state index contributed by atoms with van der Waals surface area (Å²) in [6.07, 6.45) is 4.34. The van der Waals surface area contributed by atoms with E-state index in [1.807, 2.05) is 11.0 Å². The highest BCUT2D eigenvalue weighted by Gasteiger charge is 2.35. The minimum Gasteiger partial charge on any atom is -0.340 e. The number of carbonyl (C=O) groups is 2. The normalized spacial score (nSPS) is 25.8. The molecule has 1 heterocycles. The summed E-state index contributed by atoms with van der Waals surface area (Å²) in [5.74, 6) is 0.474. The van der Waals surface area contributed by atoms with Crippen LogP contribution in [0.5, 0.6) is 0 Å². The van der Waals surface area contributed by atoms with Crippen molar-refractivity contribution in [2.75, 3.05) is 6.54 Å². The molecule has 1 aromatic rings. The zero-order valence-electron chi connectivity index (χ0n) is 12.4. The number of likely N-dealkylation sites (tertiary alicyclic amines) is 1. The van der Waals surface area contributed by atoms with Crippen LogP contribution >= 0.6 is 23.2 Å². The second-order valence-corrected chi connectivity index (χ2v) is 7.07. The van der Waals surface area contributed by atoms with E-state index in [1.54, 1.807) is 12.1 Å². The highest BCUT2D eigenvalue weighted by Crippen LogP contribution is 2.32. The summed E-state index contributed by atoms with van der Waals surface area (Å²) in [4.78, 5) is 26.1. The van der Waals surface area contributed by atoms with Crippen molar-refractivity contribution in [2.24, 2.45) is 5.92 Å². The van der Waals surface area contributed by atoms with Crippen molar-refractivity contribution in [3.05, 3.63) is 33.8 Å². The van der Waals surface area contributed by atoms with Crippen LogP contribution in [0.15, 0.2) is 18.2 Å². The van der Waals surface area contributed by atoms with Gasteiger partial charge in [0.15, 0.2) is 0 Å². The van der Waals surface area contributed by atoms with E-state index in [0.29, 0.717) is 29.3 Å². The lowest BCUT2D eigenvalue weighted by molar-refractivity contribution is -0.134. The molecule has 118 valence electrons. The molecule has 1 saturated carbocycles. The Morgan fingerprint density at radius 2 is 2.00 bits per heavy atom. The molecule has 1 saturated heterocycles. The molecule has 2 atom stereocenters. The first-order valence-electron chi connectivity index (χ1n) is 7.80. The monoisotopic (exact) mass is 339 g/mol. The summed E-state index contributed by atoms with van der Waals surface area (Å²) in [5.41, 5.74) is 0.956. The second kappa shape index (κ2) is 6.59. The third-order valence-electron chi connectivity index (χ3n) is 4.77. The molecule has 2 unspecified atom stereocenters. The number of rotatable bonds is 3. The Morgan fingerprint density at radius 1 is 1.18 bits per heavy atom.